The third-order valence-corrected chi connectivity index (χ3v) is 3.05. The number of para-hydroxylation sites is 1. The second-order valence-corrected chi connectivity index (χ2v) is 4.71. The average molecular weight is 281 g/mol. The van der Waals surface area contributed by atoms with E-state index < -0.39 is 6.10 Å². The van der Waals surface area contributed by atoms with Crippen LogP contribution in [0.2, 0.25) is 0 Å². The Bertz CT molecular complexity index is 418. The molecule has 0 heterocycles. The van der Waals surface area contributed by atoms with E-state index in [0.717, 1.165) is 6.42 Å². The van der Waals surface area contributed by atoms with Crippen LogP contribution in [0.25, 0.3) is 0 Å². The lowest BCUT2D eigenvalue weighted by Gasteiger charge is -2.18. The number of Topliss-reactive ketones (excluding diaryl/α,β-unsaturated/α-hetero) is 1. The Hall–Kier alpha value is -1.43. The predicted octanol–water partition coefficient (Wildman–Crippen LogP) is 0.989. The fourth-order valence-electron chi connectivity index (χ4n) is 1.77. The molecule has 0 aromatic heterocycles. The average Bonchev–Trinajstić information content (AvgIpc) is 2.46. The van der Waals surface area contributed by atoms with Crippen molar-refractivity contribution >= 4 is 5.78 Å². The summed E-state index contributed by atoms with van der Waals surface area (Å²) in [5.41, 5.74) is 0.509. The first kappa shape index (κ1) is 16.6. The van der Waals surface area contributed by atoms with Gasteiger partial charge in [-0.25, -0.2) is 0 Å². The fourth-order valence-corrected chi connectivity index (χ4v) is 1.77. The Kier molecular flexibility index (Phi) is 7.22. The summed E-state index contributed by atoms with van der Waals surface area (Å²) < 4.78 is 5.49. The number of carbonyl (C=O) groups excluding carboxylic acids is 1. The first-order valence-corrected chi connectivity index (χ1v) is 6.83. The van der Waals surface area contributed by atoms with E-state index in [9.17, 15) is 9.90 Å². The molecule has 0 amide bonds. The van der Waals surface area contributed by atoms with Crippen molar-refractivity contribution in [3.63, 3.8) is 0 Å². The van der Waals surface area contributed by atoms with Gasteiger partial charge >= 0.3 is 0 Å². The molecule has 0 unspecified atom stereocenters. The third kappa shape index (κ3) is 5.28. The van der Waals surface area contributed by atoms with Crippen LogP contribution in [0.1, 0.15) is 30.6 Å². The maximum atomic E-state index is 11.4. The Morgan fingerprint density at radius 1 is 1.40 bits per heavy atom. The molecule has 0 bridgehead atoms. The lowest BCUT2D eigenvalue weighted by Crippen LogP contribution is -2.39. The largest absolute Gasteiger partial charge is 0.490 e. The number of aliphatic hydroxyl groups excluding tert-OH is 2. The molecule has 1 aromatic carbocycles. The van der Waals surface area contributed by atoms with Crippen LogP contribution in [-0.2, 0) is 0 Å². The standard InChI is InChI=1S/C15H23NO4/c1-3-12(9-17)16-8-13(19)10-20-15-7-5-4-6-14(15)11(2)18/h4-7,12-13,16-17,19H,3,8-10H2,1-2H3/t12-,13-/m0/s1. The number of aliphatic hydroxyl groups is 2. The molecule has 0 fully saturated rings. The molecule has 0 aliphatic carbocycles. The SMILES string of the molecule is CC[C@@H](CO)NC[C@H](O)COc1ccccc1C(C)=O. The molecule has 0 spiro atoms. The highest BCUT2D eigenvalue weighted by atomic mass is 16.5. The van der Waals surface area contributed by atoms with Crippen molar-refractivity contribution in [1.29, 1.82) is 0 Å². The molecule has 2 atom stereocenters. The Balaban J connectivity index is 2.45. The van der Waals surface area contributed by atoms with Crippen LogP contribution in [0.3, 0.4) is 0 Å². The molecule has 112 valence electrons. The minimum Gasteiger partial charge on any atom is -0.490 e. The molecule has 0 radical (unpaired) electrons. The van der Waals surface area contributed by atoms with E-state index in [1.54, 1.807) is 24.3 Å². The molecule has 3 N–H and O–H groups in total. The smallest absolute Gasteiger partial charge is 0.163 e. The molecular formula is C15H23NO4. The van der Waals surface area contributed by atoms with Gasteiger partial charge in [0.2, 0.25) is 0 Å². The van der Waals surface area contributed by atoms with E-state index in [2.05, 4.69) is 5.32 Å². The first-order valence-electron chi connectivity index (χ1n) is 6.83. The normalized spacial score (nSPS) is 13.8. The van der Waals surface area contributed by atoms with Gasteiger partial charge in [-0.05, 0) is 25.5 Å². The van der Waals surface area contributed by atoms with Crippen molar-refractivity contribution in [2.45, 2.75) is 32.4 Å². The molecule has 20 heavy (non-hydrogen) atoms. The van der Waals surface area contributed by atoms with Gasteiger partial charge in [0.15, 0.2) is 5.78 Å². The van der Waals surface area contributed by atoms with E-state index in [0.29, 0.717) is 17.9 Å². The third-order valence-electron chi connectivity index (χ3n) is 3.05. The topological polar surface area (TPSA) is 78.8 Å². The highest BCUT2D eigenvalue weighted by Gasteiger charge is 2.12. The van der Waals surface area contributed by atoms with Gasteiger partial charge in [-0.15, -0.1) is 0 Å². The van der Waals surface area contributed by atoms with Gasteiger partial charge in [0.05, 0.1) is 12.2 Å². The monoisotopic (exact) mass is 281 g/mol. The van der Waals surface area contributed by atoms with Gasteiger partial charge in [-0.3, -0.25) is 4.79 Å². The van der Waals surface area contributed by atoms with Crippen molar-refractivity contribution in [2.75, 3.05) is 19.8 Å². The Morgan fingerprint density at radius 2 is 2.10 bits per heavy atom. The van der Waals surface area contributed by atoms with Gasteiger partial charge in [-0.1, -0.05) is 19.1 Å². The second kappa shape index (κ2) is 8.68. The summed E-state index contributed by atoms with van der Waals surface area (Å²) in [6.07, 6.45) is 0.0904. The molecule has 0 saturated carbocycles. The molecule has 1 aromatic rings. The van der Waals surface area contributed by atoms with Crippen LogP contribution in [-0.4, -0.2) is 47.9 Å². The molecule has 0 saturated heterocycles. The maximum Gasteiger partial charge on any atom is 0.163 e. The predicted molar refractivity (Wildman–Crippen MR) is 77.1 cm³/mol. The number of carbonyl (C=O) groups is 1. The van der Waals surface area contributed by atoms with E-state index in [4.69, 9.17) is 9.84 Å². The molecule has 0 aliphatic heterocycles. The number of ketones is 1. The minimum atomic E-state index is -0.699. The molecule has 5 heteroatoms. The number of hydrogen-bond acceptors (Lipinski definition) is 5. The Morgan fingerprint density at radius 3 is 2.70 bits per heavy atom. The Labute approximate surface area is 119 Å². The summed E-state index contributed by atoms with van der Waals surface area (Å²) in [6, 6.07) is 6.94. The van der Waals surface area contributed by atoms with Crippen LogP contribution in [0.15, 0.2) is 24.3 Å². The zero-order valence-electron chi connectivity index (χ0n) is 12.0. The maximum absolute atomic E-state index is 11.4. The van der Waals surface area contributed by atoms with Gasteiger partial charge in [0.1, 0.15) is 18.5 Å². The van der Waals surface area contributed by atoms with Crippen molar-refractivity contribution in [3.05, 3.63) is 29.8 Å². The van der Waals surface area contributed by atoms with Crippen molar-refractivity contribution in [2.24, 2.45) is 0 Å². The number of rotatable bonds is 9. The lowest BCUT2D eigenvalue weighted by atomic mass is 10.1. The van der Waals surface area contributed by atoms with E-state index in [-0.39, 0.29) is 25.0 Å². The highest BCUT2D eigenvalue weighted by molar-refractivity contribution is 5.96. The summed E-state index contributed by atoms with van der Waals surface area (Å²) in [5.74, 6) is 0.410. The van der Waals surface area contributed by atoms with Crippen molar-refractivity contribution < 1.29 is 19.7 Å². The van der Waals surface area contributed by atoms with Crippen LogP contribution in [0, 0.1) is 0 Å². The molecular weight excluding hydrogens is 258 g/mol. The quantitative estimate of drug-likeness (QED) is 0.588. The summed E-state index contributed by atoms with van der Waals surface area (Å²) in [6.45, 7) is 3.91. The zero-order chi connectivity index (χ0) is 15.0. The summed E-state index contributed by atoms with van der Waals surface area (Å²) in [5, 5.41) is 21.9. The number of benzene rings is 1. The van der Waals surface area contributed by atoms with E-state index in [1.807, 2.05) is 6.92 Å². The van der Waals surface area contributed by atoms with E-state index in [1.165, 1.54) is 6.92 Å². The first-order chi connectivity index (χ1) is 9.58. The number of hydrogen-bond donors (Lipinski definition) is 3. The van der Waals surface area contributed by atoms with Crippen LogP contribution in [0.5, 0.6) is 5.75 Å². The minimum absolute atomic E-state index is 0.0193. The summed E-state index contributed by atoms with van der Waals surface area (Å²) in [4.78, 5) is 11.4. The summed E-state index contributed by atoms with van der Waals surface area (Å²) >= 11 is 0. The van der Waals surface area contributed by atoms with Crippen molar-refractivity contribution in [3.8, 4) is 5.75 Å². The summed E-state index contributed by atoms with van der Waals surface area (Å²) in [7, 11) is 0. The fraction of sp³-hybridized carbons (Fsp3) is 0.533. The zero-order valence-corrected chi connectivity index (χ0v) is 12.0. The van der Waals surface area contributed by atoms with Gasteiger partial charge in [-0.2, -0.15) is 0 Å². The van der Waals surface area contributed by atoms with Crippen LogP contribution in [0.4, 0.5) is 0 Å². The van der Waals surface area contributed by atoms with Crippen molar-refractivity contribution in [1.82, 2.24) is 5.32 Å². The molecule has 5 nitrogen and oxygen atoms in total. The lowest BCUT2D eigenvalue weighted by molar-refractivity contribution is 0.0946. The van der Waals surface area contributed by atoms with Gasteiger partial charge < -0.3 is 20.3 Å². The van der Waals surface area contributed by atoms with Gasteiger partial charge in [0, 0.05) is 12.6 Å². The molecule has 0 aliphatic rings. The van der Waals surface area contributed by atoms with Gasteiger partial charge in [0.25, 0.3) is 0 Å². The highest BCUT2D eigenvalue weighted by Crippen LogP contribution is 2.18. The number of nitrogens with one attached hydrogen (secondary N) is 1. The molecule has 1 rings (SSSR count). The van der Waals surface area contributed by atoms with Crippen LogP contribution >= 0.6 is 0 Å². The van der Waals surface area contributed by atoms with Crippen LogP contribution < -0.4 is 10.1 Å². The van der Waals surface area contributed by atoms with E-state index >= 15 is 0 Å². The number of ether oxygens (including phenoxy) is 1. The second-order valence-electron chi connectivity index (χ2n) is 4.71.